The predicted molar refractivity (Wildman–Crippen MR) is 111 cm³/mol. The minimum absolute atomic E-state index is 0.00935. The lowest BCUT2D eigenvalue weighted by molar-refractivity contribution is -0.143. The Balaban J connectivity index is 1.33. The molecule has 4 rings (SSSR count). The van der Waals surface area contributed by atoms with Gasteiger partial charge in [0.15, 0.2) is 5.78 Å². The number of carbonyl (C=O) groups is 3. The van der Waals surface area contributed by atoms with Crippen molar-refractivity contribution >= 4 is 35.2 Å². The summed E-state index contributed by atoms with van der Waals surface area (Å²) in [4.78, 5) is 43.4. The first-order chi connectivity index (χ1) is 15.2. The Labute approximate surface area is 181 Å². The van der Waals surface area contributed by atoms with Gasteiger partial charge in [-0.25, -0.2) is 4.98 Å². The van der Waals surface area contributed by atoms with Crippen LogP contribution in [0.1, 0.15) is 16.7 Å². The fourth-order valence-corrected chi connectivity index (χ4v) is 3.63. The molecule has 0 atom stereocenters. The molecule has 1 aliphatic heterocycles. The zero-order valence-corrected chi connectivity index (χ0v) is 16.9. The monoisotopic (exact) mass is 444 g/mol. The van der Waals surface area contributed by atoms with E-state index in [2.05, 4.69) is 10.3 Å². The summed E-state index contributed by atoms with van der Waals surface area (Å²) in [5, 5.41) is 2.58. The molecule has 0 saturated carbocycles. The lowest BCUT2D eigenvalue weighted by Gasteiger charge is -2.35. The van der Waals surface area contributed by atoms with Gasteiger partial charge in [-0.1, -0.05) is 12.1 Å². The molecule has 0 radical (unpaired) electrons. The topological polar surface area (TPSA) is 82.6 Å². The van der Waals surface area contributed by atoms with Gasteiger partial charge in [-0.3, -0.25) is 14.4 Å². The maximum atomic E-state index is 12.7. The Morgan fingerprint density at radius 3 is 2.41 bits per heavy atom. The maximum absolute atomic E-state index is 12.7. The number of nitrogens with one attached hydrogen (secondary N) is 1. The van der Waals surface area contributed by atoms with Crippen LogP contribution in [0.5, 0.6) is 0 Å². The first-order valence-electron chi connectivity index (χ1n) is 9.93. The molecular formula is C22H19F3N4O3. The van der Waals surface area contributed by atoms with Gasteiger partial charge in [0, 0.05) is 44.5 Å². The Hall–Kier alpha value is -3.69. The summed E-state index contributed by atoms with van der Waals surface area (Å²) < 4.78 is 38.0. The van der Waals surface area contributed by atoms with Crippen LogP contribution in [0.2, 0.25) is 0 Å². The van der Waals surface area contributed by atoms with E-state index in [-0.39, 0.29) is 18.9 Å². The predicted octanol–water partition coefficient (Wildman–Crippen LogP) is 2.53. The second kappa shape index (κ2) is 8.45. The third-order valence-electron chi connectivity index (χ3n) is 5.38. The molecule has 166 valence electrons. The average Bonchev–Trinajstić information content (AvgIpc) is 2.78. The molecule has 32 heavy (non-hydrogen) atoms. The number of allylic oxidation sites excluding steroid dienone is 1. The number of hydrogen-bond acceptors (Lipinski definition) is 5. The normalized spacial score (nSPS) is 16.0. The zero-order chi connectivity index (χ0) is 22.9. The van der Waals surface area contributed by atoms with Crippen molar-refractivity contribution in [3.05, 3.63) is 59.3 Å². The molecule has 2 aromatic rings. The number of ketones is 1. The highest BCUT2D eigenvalue weighted by Gasteiger charge is 2.31. The zero-order valence-electron chi connectivity index (χ0n) is 16.9. The van der Waals surface area contributed by atoms with E-state index >= 15 is 0 Å². The SMILES string of the molecule is O=C1C=Cc2cc(NC(=O)C(=O)N3CCN(c4ccc(C(F)(F)F)cn4)CC3)ccc2C1. The van der Waals surface area contributed by atoms with Crippen LogP contribution >= 0.6 is 0 Å². The van der Waals surface area contributed by atoms with Gasteiger partial charge in [0.1, 0.15) is 5.82 Å². The minimum Gasteiger partial charge on any atom is -0.353 e. The van der Waals surface area contributed by atoms with Gasteiger partial charge < -0.3 is 15.1 Å². The molecular weight excluding hydrogens is 425 g/mol. The van der Waals surface area contributed by atoms with Gasteiger partial charge in [-0.15, -0.1) is 0 Å². The number of piperazine rings is 1. The summed E-state index contributed by atoms with van der Waals surface area (Å²) in [6, 6.07) is 7.36. The first kappa shape index (κ1) is 21.5. The number of hydrogen-bond donors (Lipinski definition) is 1. The molecule has 1 N–H and O–H groups in total. The van der Waals surface area contributed by atoms with Crippen molar-refractivity contribution in [1.82, 2.24) is 9.88 Å². The number of nitrogens with zero attached hydrogens (tertiary/aromatic N) is 3. The molecule has 1 saturated heterocycles. The number of alkyl halides is 3. The molecule has 0 spiro atoms. The quantitative estimate of drug-likeness (QED) is 0.720. The molecule has 2 aliphatic rings. The lowest BCUT2D eigenvalue weighted by atomic mass is 9.96. The van der Waals surface area contributed by atoms with E-state index in [1.807, 2.05) is 0 Å². The van der Waals surface area contributed by atoms with Gasteiger partial charge in [-0.2, -0.15) is 13.2 Å². The van der Waals surface area contributed by atoms with Crippen molar-refractivity contribution in [2.45, 2.75) is 12.6 Å². The molecule has 1 fully saturated rings. The van der Waals surface area contributed by atoms with E-state index in [1.54, 1.807) is 29.2 Å². The second-order valence-corrected chi connectivity index (χ2v) is 7.53. The number of aromatic nitrogens is 1. The molecule has 0 unspecified atom stereocenters. The van der Waals surface area contributed by atoms with Gasteiger partial charge in [-0.05, 0) is 41.5 Å². The van der Waals surface area contributed by atoms with Crippen LogP contribution in [0.15, 0.2) is 42.6 Å². The fourth-order valence-electron chi connectivity index (χ4n) is 3.63. The van der Waals surface area contributed by atoms with Crippen LogP contribution in [0, 0.1) is 0 Å². The molecule has 1 aromatic heterocycles. The standard InChI is InChI=1S/C22H19F3N4O3/c23-22(24,25)16-3-6-19(26-13-16)28-7-9-29(10-8-28)21(32)20(31)27-17-4-1-15-12-18(30)5-2-14(15)11-17/h1-6,11,13H,7-10,12H2,(H,27,31). The van der Waals surface area contributed by atoms with E-state index in [1.165, 1.54) is 17.0 Å². The Kier molecular flexibility index (Phi) is 5.68. The summed E-state index contributed by atoms with van der Waals surface area (Å²) in [6.45, 7) is 1.16. The van der Waals surface area contributed by atoms with Crippen LogP contribution in [-0.2, 0) is 27.0 Å². The molecule has 2 amide bonds. The Bertz CT molecular complexity index is 1090. The molecule has 7 nitrogen and oxygen atoms in total. The van der Waals surface area contributed by atoms with Crippen molar-refractivity contribution < 1.29 is 27.6 Å². The highest BCUT2D eigenvalue weighted by atomic mass is 19.4. The summed E-state index contributed by atoms with van der Waals surface area (Å²) >= 11 is 0. The number of rotatable bonds is 2. The van der Waals surface area contributed by atoms with E-state index in [4.69, 9.17) is 0 Å². The summed E-state index contributed by atoms with van der Waals surface area (Å²) in [7, 11) is 0. The number of benzene rings is 1. The molecule has 10 heteroatoms. The Morgan fingerprint density at radius 2 is 1.75 bits per heavy atom. The molecule has 0 bridgehead atoms. The lowest BCUT2D eigenvalue weighted by Crippen LogP contribution is -2.51. The number of anilines is 2. The van der Waals surface area contributed by atoms with Crippen LogP contribution in [-0.4, -0.2) is 53.7 Å². The number of carbonyl (C=O) groups excluding carboxylic acids is 3. The van der Waals surface area contributed by atoms with Crippen molar-refractivity contribution in [2.75, 3.05) is 36.4 Å². The Morgan fingerprint density at radius 1 is 1.00 bits per heavy atom. The van der Waals surface area contributed by atoms with E-state index in [0.717, 1.165) is 23.4 Å². The smallest absolute Gasteiger partial charge is 0.353 e. The largest absolute Gasteiger partial charge is 0.417 e. The summed E-state index contributed by atoms with van der Waals surface area (Å²) in [6.07, 6.45) is -0.214. The van der Waals surface area contributed by atoms with Crippen molar-refractivity contribution in [3.63, 3.8) is 0 Å². The summed E-state index contributed by atoms with van der Waals surface area (Å²) in [5.41, 5.74) is 1.30. The third-order valence-corrected chi connectivity index (χ3v) is 5.38. The average molecular weight is 444 g/mol. The van der Waals surface area contributed by atoms with Gasteiger partial charge in [0.2, 0.25) is 0 Å². The molecule has 1 aliphatic carbocycles. The van der Waals surface area contributed by atoms with Crippen molar-refractivity contribution in [1.29, 1.82) is 0 Å². The van der Waals surface area contributed by atoms with Gasteiger partial charge in [0.25, 0.3) is 0 Å². The van der Waals surface area contributed by atoms with E-state index in [0.29, 0.717) is 31.0 Å². The van der Waals surface area contributed by atoms with Gasteiger partial charge in [0.05, 0.1) is 5.56 Å². The number of pyridine rings is 1. The second-order valence-electron chi connectivity index (χ2n) is 7.53. The van der Waals surface area contributed by atoms with E-state index in [9.17, 15) is 27.6 Å². The van der Waals surface area contributed by atoms with Crippen molar-refractivity contribution in [2.24, 2.45) is 0 Å². The number of fused-ring (bicyclic) bond motifs is 1. The summed E-state index contributed by atoms with van der Waals surface area (Å²) in [5.74, 6) is -1.07. The highest BCUT2D eigenvalue weighted by molar-refractivity contribution is 6.39. The van der Waals surface area contributed by atoms with E-state index < -0.39 is 23.6 Å². The third kappa shape index (κ3) is 4.63. The van der Waals surface area contributed by atoms with Crippen LogP contribution in [0.25, 0.3) is 6.08 Å². The fraction of sp³-hybridized carbons (Fsp3) is 0.273. The van der Waals surface area contributed by atoms with Crippen LogP contribution in [0.3, 0.4) is 0 Å². The van der Waals surface area contributed by atoms with Gasteiger partial charge >= 0.3 is 18.0 Å². The first-order valence-corrected chi connectivity index (χ1v) is 9.93. The van der Waals surface area contributed by atoms with Crippen LogP contribution in [0.4, 0.5) is 24.7 Å². The molecule has 2 heterocycles. The minimum atomic E-state index is -4.45. The number of halogens is 3. The molecule has 1 aromatic carbocycles. The highest BCUT2D eigenvalue weighted by Crippen LogP contribution is 2.29. The number of amides is 2. The maximum Gasteiger partial charge on any atom is 0.417 e. The van der Waals surface area contributed by atoms with Crippen molar-refractivity contribution in [3.8, 4) is 0 Å². The van der Waals surface area contributed by atoms with Crippen LogP contribution < -0.4 is 10.2 Å².